The maximum atomic E-state index is 12.3. The molecule has 6 nitrogen and oxygen atoms in total. The summed E-state index contributed by atoms with van der Waals surface area (Å²) in [5.41, 5.74) is 7.64. The minimum atomic E-state index is -0.249. The van der Waals surface area contributed by atoms with Gasteiger partial charge in [-0.1, -0.05) is 12.1 Å². The van der Waals surface area contributed by atoms with E-state index in [2.05, 4.69) is 34.5 Å². The molecule has 2 aliphatic rings. The molecule has 2 fully saturated rings. The van der Waals surface area contributed by atoms with Gasteiger partial charge in [0.05, 0.1) is 0 Å². The Hall–Kier alpha value is -2.24. The van der Waals surface area contributed by atoms with Crippen LogP contribution in [0, 0.1) is 5.92 Å². The number of nitrogens with one attached hydrogen (secondary N) is 1. The van der Waals surface area contributed by atoms with Crippen LogP contribution in [0.2, 0.25) is 0 Å². The van der Waals surface area contributed by atoms with Crippen LogP contribution in [0.4, 0.5) is 10.5 Å². The fourth-order valence-corrected chi connectivity index (χ4v) is 3.89. The smallest absolute Gasteiger partial charge is 0.317 e. The van der Waals surface area contributed by atoms with Crippen LogP contribution in [0.5, 0.6) is 0 Å². The standard InChI is InChI=1S/C20H30N4O2/c21-19(25)14-16-8-12-24(13-9-16)20(26)22-15-17-4-6-18(7-5-17)23-10-2-1-3-11-23/h4-7,16H,1-3,8-15H2,(H2,21,25)(H,22,26). The normalized spacial score (nSPS) is 18.6. The van der Waals surface area contributed by atoms with Gasteiger partial charge >= 0.3 is 6.03 Å². The lowest BCUT2D eigenvalue weighted by Gasteiger charge is -2.31. The number of benzene rings is 1. The van der Waals surface area contributed by atoms with E-state index in [0.29, 0.717) is 32.0 Å². The number of carbonyl (C=O) groups is 2. The summed E-state index contributed by atoms with van der Waals surface area (Å²) in [5.74, 6) is 0.0692. The van der Waals surface area contributed by atoms with Crippen LogP contribution in [-0.4, -0.2) is 43.0 Å². The molecule has 1 aromatic rings. The third kappa shape index (κ3) is 5.13. The third-order valence-corrected chi connectivity index (χ3v) is 5.49. The Kier molecular flexibility index (Phi) is 6.36. The Morgan fingerprint density at radius 1 is 1.00 bits per heavy atom. The maximum absolute atomic E-state index is 12.3. The Morgan fingerprint density at radius 2 is 1.65 bits per heavy atom. The second kappa shape index (κ2) is 8.92. The van der Waals surface area contributed by atoms with E-state index in [1.54, 1.807) is 0 Å². The highest BCUT2D eigenvalue weighted by molar-refractivity contribution is 5.75. The summed E-state index contributed by atoms with van der Waals surface area (Å²) in [6, 6.07) is 8.49. The zero-order valence-corrected chi connectivity index (χ0v) is 15.5. The molecule has 2 aliphatic heterocycles. The van der Waals surface area contributed by atoms with Crippen molar-refractivity contribution in [2.75, 3.05) is 31.1 Å². The fraction of sp³-hybridized carbons (Fsp3) is 0.600. The van der Waals surface area contributed by atoms with Crippen molar-refractivity contribution in [2.45, 2.75) is 45.1 Å². The first kappa shape index (κ1) is 18.5. The molecule has 0 atom stereocenters. The van der Waals surface area contributed by atoms with Crippen LogP contribution in [0.3, 0.4) is 0 Å². The number of likely N-dealkylation sites (tertiary alicyclic amines) is 1. The van der Waals surface area contributed by atoms with Crippen molar-refractivity contribution in [1.29, 1.82) is 0 Å². The Balaban J connectivity index is 1.42. The van der Waals surface area contributed by atoms with Gasteiger partial charge in [0.2, 0.25) is 5.91 Å². The molecule has 0 saturated carbocycles. The molecule has 2 saturated heterocycles. The lowest BCUT2D eigenvalue weighted by Crippen LogP contribution is -2.44. The van der Waals surface area contributed by atoms with E-state index in [1.165, 1.54) is 24.9 Å². The molecule has 0 radical (unpaired) electrons. The number of hydrogen-bond donors (Lipinski definition) is 2. The third-order valence-electron chi connectivity index (χ3n) is 5.49. The highest BCUT2D eigenvalue weighted by Crippen LogP contribution is 2.21. The van der Waals surface area contributed by atoms with Gasteiger partial charge in [0, 0.05) is 44.8 Å². The molecule has 0 bridgehead atoms. The summed E-state index contributed by atoms with van der Waals surface area (Å²) in [6.07, 6.45) is 6.00. The number of primary amides is 1. The number of urea groups is 1. The highest BCUT2D eigenvalue weighted by Gasteiger charge is 2.23. The molecule has 0 aliphatic carbocycles. The van der Waals surface area contributed by atoms with Crippen molar-refractivity contribution in [2.24, 2.45) is 11.7 Å². The Bertz CT molecular complexity index is 603. The summed E-state index contributed by atoms with van der Waals surface area (Å²) in [4.78, 5) is 27.6. The summed E-state index contributed by atoms with van der Waals surface area (Å²) in [6.45, 7) is 4.21. The van der Waals surface area contributed by atoms with Crippen LogP contribution in [0.25, 0.3) is 0 Å². The topological polar surface area (TPSA) is 78.7 Å². The lowest BCUT2D eigenvalue weighted by molar-refractivity contribution is -0.119. The molecule has 3 rings (SSSR count). The summed E-state index contributed by atoms with van der Waals surface area (Å²) in [5, 5.41) is 3.01. The van der Waals surface area contributed by atoms with Crippen LogP contribution in [0.15, 0.2) is 24.3 Å². The summed E-state index contributed by atoms with van der Waals surface area (Å²) >= 11 is 0. The first-order chi connectivity index (χ1) is 12.6. The van der Waals surface area contributed by atoms with Crippen molar-refractivity contribution in [3.05, 3.63) is 29.8 Å². The molecule has 3 N–H and O–H groups in total. The lowest BCUT2D eigenvalue weighted by atomic mass is 9.93. The first-order valence-electron chi connectivity index (χ1n) is 9.77. The summed E-state index contributed by atoms with van der Waals surface area (Å²) in [7, 11) is 0. The number of piperidine rings is 2. The number of anilines is 1. The van der Waals surface area contributed by atoms with E-state index in [0.717, 1.165) is 31.5 Å². The SMILES string of the molecule is NC(=O)CC1CCN(C(=O)NCc2ccc(N3CCCCC3)cc2)CC1. The van der Waals surface area contributed by atoms with Gasteiger partial charge in [-0.05, 0) is 55.7 Å². The minimum absolute atomic E-state index is 0.0253. The zero-order valence-electron chi connectivity index (χ0n) is 15.5. The van der Waals surface area contributed by atoms with Crippen molar-refractivity contribution in [1.82, 2.24) is 10.2 Å². The maximum Gasteiger partial charge on any atom is 0.317 e. The molecular weight excluding hydrogens is 328 g/mol. The van der Waals surface area contributed by atoms with E-state index in [4.69, 9.17) is 5.73 Å². The van der Waals surface area contributed by atoms with Gasteiger partial charge in [-0.2, -0.15) is 0 Å². The molecular formula is C20H30N4O2. The molecule has 0 aromatic heterocycles. The van der Waals surface area contributed by atoms with Crippen molar-refractivity contribution >= 4 is 17.6 Å². The number of nitrogens with two attached hydrogens (primary N) is 1. The predicted octanol–water partition coefficient (Wildman–Crippen LogP) is 2.47. The second-order valence-corrected chi connectivity index (χ2v) is 7.47. The molecule has 6 heteroatoms. The van der Waals surface area contributed by atoms with E-state index in [-0.39, 0.29) is 11.9 Å². The van der Waals surface area contributed by atoms with Gasteiger partial charge < -0.3 is 20.9 Å². The predicted molar refractivity (Wildman–Crippen MR) is 103 cm³/mol. The van der Waals surface area contributed by atoms with Crippen LogP contribution >= 0.6 is 0 Å². The van der Waals surface area contributed by atoms with E-state index >= 15 is 0 Å². The molecule has 0 spiro atoms. The molecule has 26 heavy (non-hydrogen) atoms. The molecule has 142 valence electrons. The first-order valence-corrected chi connectivity index (χ1v) is 9.77. The van der Waals surface area contributed by atoms with E-state index < -0.39 is 0 Å². The van der Waals surface area contributed by atoms with Crippen LogP contribution < -0.4 is 16.0 Å². The molecule has 1 aromatic carbocycles. The zero-order chi connectivity index (χ0) is 18.4. The van der Waals surface area contributed by atoms with E-state index in [9.17, 15) is 9.59 Å². The van der Waals surface area contributed by atoms with Crippen molar-refractivity contribution in [3.63, 3.8) is 0 Å². The number of nitrogens with zero attached hydrogens (tertiary/aromatic N) is 2. The molecule has 3 amide bonds. The number of amides is 3. The molecule has 2 heterocycles. The average molecular weight is 358 g/mol. The summed E-state index contributed by atoms with van der Waals surface area (Å²) < 4.78 is 0. The number of hydrogen-bond acceptors (Lipinski definition) is 3. The van der Waals surface area contributed by atoms with Gasteiger partial charge in [-0.3, -0.25) is 4.79 Å². The minimum Gasteiger partial charge on any atom is -0.372 e. The van der Waals surface area contributed by atoms with Gasteiger partial charge in [-0.25, -0.2) is 4.79 Å². The number of rotatable bonds is 5. The Labute approximate surface area is 155 Å². The van der Waals surface area contributed by atoms with Gasteiger partial charge in [0.1, 0.15) is 0 Å². The fourth-order valence-electron chi connectivity index (χ4n) is 3.89. The second-order valence-electron chi connectivity index (χ2n) is 7.47. The van der Waals surface area contributed by atoms with E-state index in [1.807, 2.05) is 4.90 Å². The van der Waals surface area contributed by atoms with Crippen molar-refractivity contribution in [3.8, 4) is 0 Å². The highest BCUT2D eigenvalue weighted by atomic mass is 16.2. The van der Waals surface area contributed by atoms with Crippen molar-refractivity contribution < 1.29 is 9.59 Å². The monoisotopic (exact) mass is 358 g/mol. The number of carbonyl (C=O) groups excluding carboxylic acids is 2. The largest absolute Gasteiger partial charge is 0.372 e. The quantitative estimate of drug-likeness (QED) is 0.849. The van der Waals surface area contributed by atoms with Gasteiger partial charge in [-0.15, -0.1) is 0 Å². The van der Waals surface area contributed by atoms with Crippen LogP contribution in [0.1, 0.15) is 44.1 Å². The van der Waals surface area contributed by atoms with Crippen LogP contribution in [-0.2, 0) is 11.3 Å². The molecule has 0 unspecified atom stereocenters. The van der Waals surface area contributed by atoms with Gasteiger partial charge in [0.15, 0.2) is 0 Å². The Morgan fingerprint density at radius 3 is 2.27 bits per heavy atom. The van der Waals surface area contributed by atoms with Gasteiger partial charge in [0.25, 0.3) is 0 Å². The average Bonchev–Trinajstić information content (AvgIpc) is 2.67.